The van der Waals surface area contributed by atoms with E-state index < -0.39 is 4.92 Å². The van der Waals surface area contributed by atoms with Crippen LogP contribution >= 0.6 is 0 Å². The Balaban J connectivity index is 1.59. The summed E-state index contributed by atoms with van der Waals surface area (Å²) in [6.07, 6.45) is 3.01. The molecule has 3 aromatic rings. The van der Waals surface area contributed by atoms with Gasteiger partial charge in [0, 0.05) is 11.1 Å². The van der Waals surface area contributed by atoms with Gasteiger partial charge < -0.3 is 13.7 Å². The lowest BCUT2D eigenvalue weighted by atomic mass is 10.0. The van der Waals surface area contributed by atoms with Crippen LogP contribution in [0.25, 0.3) is 23.5 Å². The van der Waals surface area contributed by atoms with Crippen molar-refractivity contribution in [1.82, 2.24) is 5.16 Å². The first kappa shape index (κ1) is 15.8. The molecule has 2 aromatic heterocycles. The second kappa shape index (κ2) is 5.99. The van der Waals surface area contributed by atoms with Gasteiger partial charge in [-0.2, -0.15) is 0 Å². The van der Waals surface area contributed by atoms with Gasteiger partial charge in [-0.1, -0.05) is 11.2 Å². The van der Waals surface area contributed by atoms with Crippen molar-refractivity contribution in [1.29, 1.82) is 0 Å². The maximum atomic E-state index is 11.5. The van der Waals surface area contributed by atoms with Crippen molar-refractivity contribution in [2.24, 2.45) is 0 Å². The van der Waals surface area contributed by atoms with Crippen LogP contribution in [0.5, 0.6) is 0 Å². The van der Waals surface area contributed by atoms with Crippen LogP contribution in [0.4, 0.5) is 5.69 Å². The van der Waals surface area contributed by atoms with Crippen LogP contribution < -0.4 is 0 Å². The summed E-state index contributed by atoms with van der Waals surface area (Å²) in [6, 6.07) is 8.84. The van der Waals surface area contributed by atoms with Crippen LogP contribution in [0.3, 0.4) is 0 Å². The van der Waals surface area contributed by atoms with E-state index in [0.717, 1.165) is 11.1 Å². The molecule has 0 unspecified atom stereocenters. The van der Waals surface area contributed by atoms with Gasteiger partial charge in [-0.25, -0.2) is 4.79 Å². The molecule has 0 bridgehead atoms. The van der Waals surface area contributed by atoms with Crippen molar-refractivity contribution < 1.29 is 23.4 Å². The first-order valence-corrected chi connectivity index (χ1v) is 7.72. The molecule has 0 atom stereocenters. The summed E-state index contributed by atoms with van der Waals surface area (Å²) >= 11 is 0. The summed E-state index contributed by atoms with van der Waals surface area (Å²) in [7, 11) is 0. The van der Waals surface area contributed by atoms with Gasteiger partial charge in [0.2, 0.25) is 5.76 Å². The zero-order valence-electron chi connectivity index (χ0n) is 13.6. The number of fused-ring (bicyclic) bond motifs is 1. The first-order chi connectivity index (χ1) is 12.5. The van der Waals surface area contributed by atoms with Crippen molar-refractivity contribution in [3.63, 3.8) is 0 Å². The number of rotatable bonds is 4. The Morgan fingerprint density at radius 2 is 2.08 bits per heavy atom. The van der Waals surface area contributed by atoms with Crippen molar-refractivity contribution in [3.05, 3.63) is 68.8 Å². The summed E-state index contributed by atoms with van der Waals surface area (Å²) in [5.41, 5.74) is 2.23. The van der Waals surface area contributed by atoms with Gasteiger partial charge in [0.05, 0.1) is 10.5 Å². The number of nitro groups is 1. The molecule has 3 heterocycles. The van der Waals surface area contributed by atoms with Gasteiger partial charge in [0.25, 0.3) is 0 Å². The third-order valence-corrected chi connectivity index (χ3v) is 4.03. The first-order valence-electron chi connectivity index (χ1n) is 7.72. The molecule has 0 aliphatic carbocycles. The maximum Gasteiger partial charge on any atom is 0.338 e. The smallest absolute Gasteiger partial charge is 0.338 e. The molecule has 8 heteroatoms. The fourth-order valence-electron chi connectivity index (χ4n) is 2.76. The van der Waals surface area contributed by atoms with Crippen LogP contribution in [0.1, 0.15) is 33.1 Å². The Kier molecular flexibility index (Phi) is 3.65. The number of carbonyl (C=O) groups is 1. The number of hydrogen-bond donors (Lipinski definition) is 0. The highest BCUT2D eigenvalue weighted by atomic mass is 16.6. The minimum atomic E-state index is -0.535. The zero-order chi connectivity index (χ0) is 18.3. The quantitative estimate of drug-likeness (QED) is 0.397. The molecule has 0 amide bonds. The van der Waals surface area contributed by atoms with E-state index in [4.69, 9.17) is 13.7 Å². The van der Waals surface area contributed by atoms with E-state index >= 15 is 0 Å². The molecule has 0 spiro atoms. The number of cyclic esters (lactones) is 1. The molecule has 0 radical (unpaired) electrons. The fourth-order valence-corrected chi connectivity index (χ4v) is 2.76. The molecule has 0 N–H and O–H groups in total. The Bertz CT molecular complexity index is 1060. The van der Waals surface area contributed by atoms with Crippen LogP contribution in [0, 0.1) is 17.0 Å². The van der Waals surface area contributed by atoms with Crippen molar-refractivity contribution in [3.8, 4) is 11.3 Å². The standard InChI is InChI=1S/C18H12N2O6/c1-10-17(20(22)23)16(26-19-10)7-4-13-3-6-15(25-13)11-2-5-14-12(8-11)9-24-18(14)21/h2-8H,9H2,1H3/b7-4+. The number of carbonyl (C=O) groups excluding carboxylic acids is 1. The lowest BCUT2D eigenvalue weighted by molar-refractivity contribution is -0.386. The highest BCUT2D eigenvalue weighted by Crippen LogP contribution is 2.29. The highest BCUT2D eigenvalue weighted by Gasteiger charge is 2.23. The molecule has 26 heavy (non-hydrogen) atoms. The summed E-state index contributed by atoms with van der Waals surface area (Å²) in [5, 5.41) is 14.6. The normalized spacial score (nSPS) is 13.2. The van der Waals surface area contributed by atoms with Crippen molar-refractivity contribution in [2.75, 3.05) is 0 Å². The van der Waals surface area contributed by atoms with E-state index in [-0.39, 0.29) is 29.7 Å². The molecule has 0 saturated carbocycles. The van der Waals surface area contributed by atoms with Crippen LogP contribution in [-0.4, -0.2) is 16.0 Å². The number of aryl methyl sites for hydroxylation is 1. The largest absolute Gasteiger partial charge is 0.457 e. The minimum absolute atomic E-state index is 0.0543. The number of benzene rings is 1. The van der Waals surface area contributed by atoms with Gasteiger partial charge in [-0.3, -0.25) is 10.1 Å². The molecule has 1 aliphatic heterocycles. The van der Waals surface area contributed by atoms with Crippen molar-refractivity contribution >= 4 is 23.8 Å². The predicted octanol–water partition coefficient (Wildman–Crippen LogP) is 3.99. The van der Waals surface area contributed by atoms with Gasteiger partial charge >= 0.3 is 11.7 Å². The molecule has 4 rings (SSSR count). The Morgan fingerprint density at radius 1 is 1.23 bits per heavy atom. The van der Waals surface area contributed by atoms with Crippen LogP contribution in [0.2, 0.25) is 0 Å². The molecule has 8 nitrogen and oxygen atoms in total. The van der Waals surface area contributed by atoms with Gasteiger partial charge in [-0.15, -0.1) is 0 Å². The minimum Gasteiger partial charge on any atom is -0.457 e. The third-order valence-electron chi connectivity index (χ3n) is 4.03. The van der Waals surface area contributed by atoms with Crippen LogP contribution in [-0.2, 0) is 11.3 Å². The second-order valence-electron chi connectivity index (χ2n) is 5.72. The summed E-state index contributed by atoms with van der Waals surface area (Å²) in [5.74, 6) is 0.837. The average Bonchev–Trinajstić information content (AvgIpc) is 3.32. The van der Waals surface area contributed by atoms with Gasteiger partial charge in [-0.05, 0) is 43.3 Å². The molecular weight excluding hydrogens is 340 g/mol. The molecule has 0 fully saturated rings. The number of esters is 1. The fraction of sp³-hybridized carbons (Fsp3) is 0.111. The van der Waals surface area contributed by atoms with Crippen molar-refractivity contribution in [2.45, 2.75) is 13.5 Å². The van der Waals surface area contributed by atoms with Gasteiger partial charge in [0.1, 0.15) is 18.1 Å². The second-order valence-corrected chi connectivity index (χ2v) is 5.72. The lowest BCUT2D eigenvalue weighted by Gasteiger charge is -1.99. The zero-order valence-corrected chi connectivity index (χ0v) is 13.6. The van der Waals surface area contributed by atoms with E-state index in [1.165, 1.54) is 13.0 Å². The van der Waals surface area contributed by atoms with E-state index in [9.17, 15) is 14.9 Å². The third kappa shape index (κ3) is 2.67. The SMILES string of the molecule is Cc1noc(/C=C/c2ccc(-c3ccc4c(c3)COC4=O)o2)c1[N+](=O)[O-]. The van der Waals surface area contributed by atoms with E-state index in [1.807, 2.05) is 6.07 Å². The average molecular weight is 352 g/mol. The molecule has 1 aromatic carbocycles. The summed E-state index contributed by atoms with van der Waals surface area (Å²) < 4.78 is 15.7. The highest BCUT2D eigenvalue weighted by molar-refractivity contribution is 5.94. The van der Waals surface area contributed by atoms with Gasteiger partial charge in [0.15, 0.2) is 5.69 Å². The Hall–Kier alpha value is -3.68. The number of ether oxygens (including phenoxy) is 1. The number of nitrogens with zero attached hydrogens (tertiary/aromatic N) is 2. The summed E-state index contributed by atoms with van der Waals surface area (Å²) in [4.78, 5) is 22.0. The van der Waals surface area contributed by atoms with Crippen LogP contribution in [0.15, 0.2) is 39.3 Å². The molecule has 1 aliphatic rings. The van der Waals surface area contributed by atoms with E-state index in [2.05, 4.69) is 5.16 Å². The lowest BCUT2D eigenvalue weighted by Crippen LogP contribution is -1.92. The number of hydrogen-bond acceptors (Lipinski definition) is 7. The topological polar surface area (TPSA) is 109 Å². The Labute approximate surface area is 146 Å². The maximum absolute atomic E-state index is 11.5. The molecule has 0 saturated heterocycles. The van der Waals surface area contributed by atoms with E-state index in [0.29, 0.717) is 17.1 Å². The Morgan fingerprint density at radius 3 is 2.88 bits per heavy atom. The number of aromatic nitrogens is 1. The van der Waals surface area contributed by atoms with E-state index in [1.54, 1.807) is 30.3 Å². The summed E-state index contributed by atoms with van der Waals surface area (Å²) in [6.45, 7) is 1.76. The molecular formula is C18H12N2O6. The predicted molar refractivity (Wildman–Crippen MR) is 90.1 cm³/mol. The molecule has 130 valence electrons. The monoisotopic (exact) mass is 352 g/mol. The number of furan rings is 1.